The van der Waals surface area contributed by atoms with Crippen molar-refractivity contribution in [1.29, 1.82) is 0 Å². The van der Waals surface area contributed by atoms with Gasteiger partial charge in [-0.25, -0.2) is 4.98 Å². The molecule has 16 heavy (non-hydrogen) atoms. The van der Waals surface area contributed by atoms with Crippen LogP contribution >= 0.6 is 0 Å². The third-order valence-corrected chi connectivity index (χ3v) is 2.23. The minimum absolute atomic E-state index is 0.348. The van der Waals surface area contributed by atoms with Gasteiger partial charge >= 0.3 is 6.01 Å². The summed E-state index contributed by atoms with van der Waals surface area (Å²) in [5.74, 6) is 0.730. The fourth-order valence-electron chi connectivity index (χ4n) is 1.47. The molecule has 0 atom stereocenters. The molecule has 78 valence electrons. The van der Waals surface area contributed by atoms with Crippen LogP contribution < -0.4 is 4.74 Å². The van der Waals surface area contributed by atoms with Gasteiger partial charge in [0.1, 0.15) is 11.4 Å². The summed E-state index contributed by atoms with van der Waals surface area (Å²) in [7, 11) is 0. The zero-order chi connectivity index (χ0) is 10.8. The fourth-order valence-corrected chi connectivity index (χ4v) is 1.47. The first kappa shape index (κ1) is 8.91. The molecule has 0 fully saturated rings. The molecule has 1 N–H and O–H groups in total. The fraction of sp³-hybridized carbons (Fsp3) is 0. The molecular formula is C12H9N3O. The van der Waals surface area contributed by atoms with Gasteiger partial charge in [-0.05, 0) is 18.2 Å². The van der Waals surface area contributed by atoms with Crippen molar-refractivity contribution in [1.82, 2.24) is 15.0 Å². The topological polar surface area (TPSA) is 50.8 Å². The van der Waals surface area contributed by atoms with Crippen molar-refractivity contribution in [2.45, 2.75) is 0 Å². The van der Waals surface area contributed by atoms with Crippen LogP contribution in [0.25, 0.3) is 11.0 Å². The van der Waals surface area contributed by atoms with Crippen LogP contribution in [0, 0.1) is 0 Å². The highest BCUT2D eigenvalue weighted by atomic mass is 16.5. The van der Waals surface area contributed by atoms with Crippen molar-refractivity contribution in [2.75, 3.05) is 0 Å². The average molecular weight is 211 g/mol. The predicted molar refractivity (Wildman–Crippen MR) is 60.4 cm³/mol. The molecule has 0 spiro atoms. The molecule has 3 rings (SSSR count). The minimum Gasteiger partial charge on any atom is -0.424 e. The summed E-state index contributed by atoms with van der Waals surface area (Å²) in [6, 6.07) is 11.7. The second-order valence-electron chi connectivity index (χ2n) is 3.35. The van der Waals surface area contributed by atoms with Gasteiger partial charge in [0.25, 0.3) is 0 Å². The Bertz CT molecular complexity index is 604. The van der Waals surface area contributed by atoms with Gasteiger partial charge in [0.05, 0.1) is 0 Å². The van der Waals surface area contributed by atoms with Crippen LogP contribution in [0.15, 0.2) is 48.8 Å². The number of H-pyrrole nitrogens is 1. The number of hydrogen-bond donors (Lipinski definition) is 1. The highest BCUT2D eigenvalue weighted by Crippen LogP contribution is 2.18. The summed E-state index contributed by atoms with van der Waals surface area (Å²) in [6.45, 7) is 0. The SMILES string of the molecule is c1ccc(Oc2ncc3cc[nH]c3n2)cc1. The van der Waals surface area contributed by atoms with E-state index in [-0.39, 0.29) is 0 Å². The van der Waals surface area contributed by atoms with E-state index in [9.17, 15) is 0 Å². The number of ether oxygens (including phenoxy) is 1. The number of nitrogens with zero attached hydrogens (tertiary/aromatic N) is 2. The number of para-hydroxylation sites is 1. The molecule has 0 saturated carbocycles. The van der Waals surface area contributed by atoms with Crippen LogP contribution in [0.5, 0.6) is 11.8 Å². The van der Waals surface area contributed by atoms with E-state index in [0.717, 1.165) is 16.8 Å². The van der Waals surface area contributed by atoms with E-state index < -0.39 is 0 Å². The van der Waals surface area contributed by atoms with Crippen LogP contribution in [0.2, 0.25) is 0 Å². The van der Waals surface area contributed by atoms with Crippen molar-refractivity contribution in [3.8, 4) is 11.8 Å². The van der Waals surface area contributed by atoms with Crippen molar-refractivity contribution in [3.63, 3.8) is 0 Å². The molecule has 2 aromatic heterocycles. The maximum absolute atomic E-state index is 5.51. The molecule has 0 aliphatic carbocycles. The number of hydrogen-bond acceptors (Lipinski definition) is 3. The van der Waals surface area contributed by atoms with Gasteiger partial charge in [0.2, 0.25) is 0 Å². The van der Waals surface area contributed by atoms with E-state index in [2.05, 4.69) is 15.0 Å². The van der Waals surface area contributed by atoms with Crippen molar-refractivity contribution < 1.29 is 4.74 Å². The lowest BCUT2D eigenvalue weighted by Crippen LogP contribution is -1.91. The Morgan fingerprint density at radius 1 is 1.06 bits per heavy atom. The molecule has 0 amide bonds. The monoisotopic (exact) mass is 211 g/mol. The first-order chi connectivity index (χ1) is 7.92. The van der Waals surface area contributed by atoms with Crippen molar-refractivity contribution in [3.05, 3.63) is 48.8 Å². The molecule has 4 nitrogen and oxygen atoms in total. The lowest BCUT2D eigenvalue weighted by Gasteiger charge is -2.02. The molecule has 3 aromatic rings. The summed E-state index contributed by atoms with van der Waals surface area (Å²) < 4.78 is 5.51. The largest absolute Gasteiger partial charge is 0.424 e. The van der Waals surface area contributed by atoms with E-state index in [4.69, 9.17) is 4.74 Å². The first-order valence-electron chi connectivity index (χ1n) is 4.95. The molecule has 0 aliphatic rings. The van der Waals surface area contributed by atoms with E-state index in [1.165, 1.54) is 0 Å². The Morgan fingerprint density at radius 3 is 2.81 bits per heavy atom. The molecule has 4 heteroatoms. The Labute approximate surface area is 91.9 Å². The summed E-state index contributed by atoms with van der Waals surface area (Å²) in [5, 5.41) is 0.973. The number of nitrogens with one attached hydrogen (secondary N) is 1. The van der Waals surface area contributed by atoms with Crippen LogP contribution in [0.4, 0.5) is 0 Å². The number of fused-ring (bicyclic) bond motifs is 1. The molecular weight excluding hydrogens is 202 g/mol. The number of aromatic amines is 1. The molecule has 1 aromatic carbocycles. The average Bonchev–Trinajstić information content (AvgIpc) is 2.77. The predicted octanol–water partition coefficient (Wildman–Crippen LogP) is 2.75. The number of aromatic nitrogens is 3. The van der Waals surface area contributed by atoms with E-state index >= 15 is 0 Å². The Balaban J connectivity index is 1.94. The Hall–Kier alpha value is -2.36. The Kier molecular flexibility index (Phi) is 2.04. The van der Waals surface area contributed by atoms with Crippen LogP contribution in [-0.2, 0) is 0 Å². The molecule has 0 unspecified atom stereocenters. The van der Waals surface area contributed by atoms with Gasteiger partial charge in [-0.1, -0.05) is 18.2 Å². The van der Waals surface area contributed by atoms with Gasteiger partial charge in [-0.15, -0.1) is 0 Å². The summed E-state index contributed by atoms with van der Waals surface area (Å²) in [6.07, 6.45) is 3.56. The van der Waals surface area contributed by atoms with Crippen LogP contribution in [0.1, 0.15) is 0 Å². The highest BCUT2D eigenvalue weighted by molar-refractivity contribution is 5.74. The second kappa shape index (κ2) is 3.66. The van der Waals surface area contributed by atoms with Gasteiger partial charge in [-0.3, -0.25) is 0 Å². The molecule has 0 radical (unpaired) electrons. The van der Waals surface area contributed by atoms with E-state index in [1.807, 2.05) is 42.6 Å². The van der Waals surface area contributed by atoms with Gasteiger partial charge in [-0.2, -0.15) is 4.98 Å². The Morgan fingerprint density at radius 2 is 1.94 bits per heavy atom. The first-order valence-corrected chi connectivity index (χ1v) is 4.95. The number of rotatable bonds is 2. The smallest absolute Gasteiger partial charge is 0.323 e. The van der Waals surface area contributed by atoms with E-state index in [0.29, 0.717) is 6.01 Å². The van der Waals surface area contributed by atoms with Crippen molar-refractivity contribution in [2.24, 2.45) is 0 Å². The van der Waals surface area contributed by atoms with Crippen LogP contribution in [-0.4, -0.2) is 15.0 Å². The summed E-state index contributed by atoms with van der Waals surface area (Å²) in [4.78, 5) is 11.4. The van der Waals surface area contributed by atoms with Crippen LogP contribution in [0.3, 0.4) is 0 Å². The standard InChI is InChI=1S/C12H9N3O/c1-2-4-10(5-3-1)16-12-14-8-9-6-7-13-11(9)15-12/h1-8H,(H,13,14,15). The maximum Gasteiger partial charge on any atom is 0.323 e. The second-order valence-corrected chi connectivity index (χ2v) is 3.35. The summed E-state index contributed by atoms with van der Waals surface area (Å²) >= 11 is 0. The maximum atomic E-state index is 5.51. The third-order valence-electron chi connectivity index (χ3n) is 2.23. The zero-order valence-corrected chi connectivity index (χ0v) is 8.42. The molecule has 0 bridgehead atoms. The van der Waals surface area contributed by atoms with Crippen molar-refractivity contribution >= 4 is 11.0 Å². The lowest BCUT2D eigenvalue weighted by atomic mass is 10.3. The highest BCUT2D eigenvalue weighted by Gasteiger charge is 2.02. The lowest BCUT2D eigenvalue weighted by molar-refractivity contribution is 0.444. The summed E-state index contributed by atoms with van der Waals surface area (Å²) in [5.41, 5.74) is 0.779. The quantitative estimate of drug-likeness (QED) is 0.709. The number of benzene rings is 1. The minimum atomic E-state index is 0.348. The third kappa shape index (κ3) is 1.61. The van der Waals surface area contributed by atoms with E-state index in [1.54, 1.807) is 6.20 Å². The molecule has 0 aliphatic heterocycles. The molecule has 2 heterocycles. The van der Waals surface area contributed by atoms with Gasteiger partial charge in [0.15, 0.2) is 0 Å². The van der Waals surface area contributed by atoms with Gasteiger partial charge in [0, 0.05) is 17.8 Å². The van der Waals surface area contributed by atoms with Gasteiger partial charge < -0.3 is 9.72 Å². The molecule has 0 saturated heterocycles. The zero-order valence-electron chi connectivity index (χ0n) is 8.42. The normalized spacial score (nSPS) is 10.5.